The molecule has 3 aromatic rings. The van der Waals surface area contributed by atoms with Gasteiger partial charge >= 0.3 is 0 Å². The standard InChI is InChI=1S/C22H22Cl3N5O/c1-14-18(15(2)30(27-14)17-4-5-19(24)20(25)11-17)12-22(31)29-9-7-28(8-10-29)21-6-3-16(23)13-26-21/h3-6,11,13H,7-10,12H2,1-2H3. The SMILES string of the molecule is Cc1nn(-c2ccc(Cl)c(Cl)c2)c(C)c1CC(=O)N1CCN(c2ccc(Cl)cn2)CC1. The smallest absolute Gasteiger partial charge is 0.227 e. The molecule has 0 N–H and O–H groups in total. The molecule has 1 saturated heterocycles. The summed E-state index contributed by atoms with van der Waals surface area (Å²) >= 11 is 18.1. The zero-order valence-corrected chi connectivity index (χ0v) is 19.5. The Hall–Kier alpha value is -2.28. The normalized spacial score (nSPS) is 14.2. The molecule has 162 valence electrons. The topological polar surface area (TPSA) is 54.3 Å². The van der Waals surface area contributed by atoms with Gasteiger partial charge in [0.1, 0.15) is 5.82 Å². The lowest BCUT2D eigenvalue weighted by molar-refractivity contribution is -0.130. The number of rotatable bonds is 4. The summed E-state index contributed by atoms with van der Waals surface area (Å²) in [6.45, 7) is 6.68. The van der Waals surface area contributed by atoms with E-state index in [0.29, 0.717) is 34.6 Å². The van der Waals surface area contributed by atoms with Gasteiger partial charge in [0.05, 0.1) is 32.9 Å². The highest BCUT2D eigenvalue weighted by Crippen LogP contribution is 2.26. The molecule has 0 spiro atoms. The lowest BCUT2D eigenvalue weighted by Crippen LogP contribution is -2.49. The zero-order chi connectivity index (χ0) is 22.1. The third-order valence-corrected chi connectivity index (χ3v) is 6.55. The number of anilines is 1. The number of aryl methyl sites for hydroxylation is 1. The van der Waals surface area contributed by atoms with E-state index in [2.05, 4.69) is 15.0 Å². The van der Waals surface area contributed by atoms with E-state index in [1.807, 2.05) is 41.6 Å². The molecule has 1 amide bonds. The van der Waals surface area contributed by atoms with Crippen molar-refractivity contribution in [2.45, 2.75) is 20.3 Å². The van der Waals surface area contributed by atoms with Crippen molar-refractivity contribution in [3.63, 3.8) is 0 Å². The number of aromatic nitrogens is 3. The fourth-order valence-electron chi connectivity index (χ4n) is 3.80. The fraction of sp³-hybridized carbons (Fsp3) is 0.318. The van der Waals surface area contributed by atoms with Gasteiger partial charge in [-0.3, -0.25) is 4.79 Å². The van der Waals surface area contributed by atoms with Gasteiger partial charge in [0.15, 0.2) is 0 Å². The van der Waals surface area contributed by atoms with Crippen LogP contribution in [0.2, 0.25) is 15.1 Å². The molecule has 0 atom stereocenters. The molecule has 1 aliphatic rings. The van der Waals surface area contributed by atoms with E-state index in [4.69, 9.17) is 34.8 Å². The van der Waals surface area contributed by atoms with Crippen LogP contribution in [0.15, 0.2) is 36.5 Å². The van der Waals surface area contributed by atoms with Gasteiger partial charge in [-0.1, -0.05) is 34.8 Å². The van der Waals surface area contributed by atoms with Crippen LogP contribution in [0.1, 0.15) is 17.0 Å². The summed E-state index contributed by atoms with van der Waals surface area (Å²) in [5.41, 5.74) is 3.52. The van der Waals surface area contributed by atoms with E-state index in [9.17, 15) is 4.79 Å². The molecule has 0 bridgehead atoms. The van der Waals surface area contributed by atoms with E-state index < -0.39 is 0 Å². The second-order valence-electron chi connectivity index (χ2n) is 7.54. The van der Waals surface area contributed by atoms with Gasteiger partial charge in [0, 0.05) is 43.6 Å². The molecule has 1 fully saturated rings. The average molecular weight is 479 g/mol. The highest BCUT2D eigenvalue weighted by molar-refractivity contribution is 6.42. The van der Waals surface area contributed by atoms with Crippen molar-refractivity contribution in [2.24, 2.45) is 0 Å². The second-order valence-corrected chi connectivity index (χ2v) is 8.79. The average Bonchev–Trinajstić information content (AvgIpc) is 3.04. The molecule has 4 rings (SSSR count). The molecule has 1 aliphatic heterocycles. The van der Waals surface area contributed by atoms with Gasteiger partial charge in [-0.05, 0) is 44.2 Å². The van der Waals surface area contributed by atoms with Crippen molar-refractivity contribution < 1.29 is 4.79 Å². The molecule has 1 aromatic carbocycles. The minimum atomic E-state index is 0.101. The quantitative estimate of drug-likeness (QED) is 0.544. The first kappa shape index (κ1) is 21.9. The Morgan fingerprint density at radius 3 is 2.39 bits per heavy atom. The van der Waals surface area contributed by atoms with Gasteiger partial charge in [-0.15, -0.1) is 0 Å². The van der Waals surface area contributed by atoms with Crippen molar-refractivity contribution in [3.8, 4) is 5.69 Å². The Kier molecular flexibility index (Phi) is 6.42. The number of piperazine rings is 1. The predicted octanol–water partition coefficient (Wildman–Crippen LogP) is 4.74. The highest BCUT2D eigenvalue weighted by atomic mass is 35.5. The maximum Gasteiger partial charge on any atom is 0.227 e. The van der Waals surface area contributed by atoms with Gasteiger partial charge < -0.3 is 9.80 Å². The van der Waals surface area contributed by atoms with Crippen molar-refractivity contribution in [3.05, 3.63) is 68.5 Å². The molecular formula is C22H22Cl3N5O. The Labute approximate surface area is 196 Å². The Morgan fingerprint density at radius 2 is 1.74 bits per heavy atom. The van der Waals surface area contributed by atoms with E-state index >= 15 is 0 Å². The van der Waals surface area contributed by atoms with Crippen molar-refractivity contribution >= 4 is 46.5 Å². The molecule has 9 heteroatoms. The summed E-state index contributed by atoms with van der Waals surface area (Å²) in [5.74, 6) is 0.981. The molecule has 3 heterocycles. The number of pyridine rings is 1. The molecule has 6 nitrogen and oxygen atoms in total. The molecule has 0 saturated carbocycles. The number of halogens is 3. The number of amides is 1. The summed E-state index contributed by atoms with van der Waals surface area (Å²) in [5, 5.41) is 6.21. The van der Waals surface area contributed by atoms with Crippen LogP contribution in [-0.4, -0.2) is 51.8 Å². The largest absolute Gasteiger partial charge is 0.353 e. The summed E-state index contributed by atoms with van der Waals surface area (Å²) in [7, 11) is 0. The van der Waals surface area contributed by atoms with Crippen LogP contribution in [0.3, 0.4) is 0 Å². The summed E-state index contributed by atoms with van der Waals surface area (Å²) in [4.78, 5) is 21.4. The number of benzene rings is 1. The van der Waals surface area contributed by atoms with Gasteiger partial charge in [0.25, 0.3) is 0 Å². The third kappa shape index (κ3) is 4.66. The summed E-state index contributed by atoms with van der Waals surface area (Å²) in [6.07, 6.45) is 1.96. The lowest BCUT2D eigenvalue weighted by atomic mass is 10.1. The number of hydrogen-bond donors (Lipinski definition) is 0. The van der Waals surface area contributed by atoms with E-state index in [1.165, 1.54) is 0 Å². The Balaban J connectivity index is 1.44. The molecule has 0 unspecified atom stereocenters. The minimum Gasteiger partial charge on any atom is -0.353 e. The number of carbonyl (C=O) groups is 1. The first-order valence-electron chi connectivity index (χ1n) is 9.98. The van der Waals surface area contributed by atoms with Crippen LogP contribution in [-0.2, 0) is 11.2 Å². The van der Waals surface area contributed by atoms with Crippen LogP contribution >= 0.6 is 34.8 Å². The van der Waals surface area contributed by atoms with Crippen molar-refractivity contribution in [1.29, 1.82) is 0 Å². The Morgan fingerprint density at radius 1 is 1.00 bits per heavy atom. The molecule has 0 radical (unpaired) electrons. The van der Waals surface area contributed by atoms with Gasteiger partial charge in [-0.25, -0.2) is 9.67 Å². The number of nitrogens with zero attached hydrogens (tertiary/aromatic N) is 5. The van der Waals surface area contributed by atoms with Gasteiger partial charge in [0.2, 0.25) is 5.91 Å². The second kappa shape index (κ2) is 9.07. The predicted molar refractivity (Wildman–Crippen MR) is 125 cm³/mol. The van der Waals surface area contributed by atoms with Crippen LogP contribution in [0.5, 0.6) is 0 Å². The van der Waals surface area contributed by atoms with Crippen LogP contribution in [0.25, 0.3) is 5.69 Å². The van der Waals surface area contributed by atoms with E-state index in [0.717, 1.165) is 41.5 Å². The number of hydrogen-bond acceptors (Lipinski definition) is 4. The maximum absolute atomic E-state index is 13.0. The minimum absolute atomic E-state index is 0.101. The summed E-state index contributed by atoms with van der Waals surface area (Å²) in [6, 6.07) is 9.13. The van der Waals surface area contributed by atoms with Crippen LogP contribution in [0.4, 0.5) is 5.82 Å². The first-order chi connectivity index (χ1) is 14.8. The van der Waals surface area contributed by atoms with Crippen molar-refractivity contribution in [2.75, 3.05) is 31.1 Å². The van der Waals surface area contributed by atoms with E-state index in [1.54, 1.807) is 18.3 Å². The molecular weight excluding hydrogens is 457 g/mol. The van der Waals surface area contributed by atoms with Crippen LogP contribution in [0, 0.1) is 13.8 Å². The Bertz CT molecular complexity index is 1110. The maximum atomic E-state index is 13.0. The molecule has 2 aromatic heterocycles. The van der Waals surface area contributed by atoms with Crippen LogP contribution < -0.4 is 4.90 Å². The first-order valence-corrected chi connectivity index (χ1v) is 11.1. The lowest BCUT2D eigenvalue weighted by Gasteiger charge is -2.35. The summed E-state index contributed by atoms with van der Waals surface area (Å²) < 4.78 is 1.81. The highest BCUT2D eigenvalue weighted by Gasteiger charge is 2.24. The fourth-order valence-corrected chi connectivity index (χ4v) is 4.21. The van der Waals surface area contributed by atoms with Crippen molar-refractivity contribution in [1.82, 2.24) is 19.7 Å². The number of carbonyl (C=O) groups excluding carboxylic acids is 1. The zero-order valence-electron chi connectivity index (χ0n) is 17.3. The molecule has 31 heavy (non-hydrogen) atoms. The monoisotopic (exact) mass is 477 g/mol. The third-order valence-electron chi connectivity index (χ3n) is 5.59. The van der Waals surface area contributed by atoms with Gasteiger partial charge in [-0.2, -0.15) is 5.10 Å². The van der Waals surface area contributed by atoms with E-state index in [-0.39, 0.29) is 5.91 Å². The molecule has 0 aliphatic carbocycles.